The van der Waals surface area contributed by atoms with E-state index < -0.39 is 0 Å². The summed E-state index contributed by atoms with van der Waals surface area (Å²) in [7, 11) is 0. The molecule has 4 rings (SSSR count). The predicted molar refractivity (Wildman–Crippen MR) is 105 cm³/mol. The number of hydrogen-bond acceptors (Lipinski definition) is 3. The molecule has 2 N–H and O–H groups in total. The van der Waals surface area contributed by atoms with Crippen LogP contribution in [0.25, 0.3) is 5.69 Å². The van der Waals surface area contributed by atoms with Crippen molar-refractivity contribution in [3.63, 3.8) is 0 Å². The molecule has 0 spiro atoms. The van der Waals surface area contributed by atoms with E-state index in [0.717, 1.165) is 43.7 Å². The van der Waals surface area contributed by atoms with Crippen molar-refractivity contribution in [2.24, 2.45) is 5.92 Å². The molecule has 0 radical (unpaired) electrons. The number of hydrogen-bond donors (Lipinski definition) is 2. The van der Waals surface area contributed by atoms with Crippen LogP contribution in [0.1, 0.15) is 42.6 Å². The summed E-state index contributed by atoms with van der Waals surface area (Å²) in [6.07, 6.45) is 6.11. The van der Waals surface area contributed by atoms with E-state index in [2.05, 4.69) is 27.4 Å². The zero-order valence-corrected chi connectivity index (χ0v) is 15.9. The second-order valence-corrected chi connectivity index (χ2v) is 7.15. The molecule has 0 saturated carbocycles. The number of benzene rings is 1. The minimum absolute atomic E-state index is 0. The SMILES string of the molecule is Cl.O=C(CCC1CCNC1)NCc1nn(-c2ccccc2)c2c1CCC2. The van der Waals surface area contributed by atoms with Crippen molar-refractivity contribution in [2.45, 2.75) is 45.1 Å². The lowest BCUT2D eigenvalue weighted by Crippen LogP contribution is -2.24. The smallest absolute Gasteiger partial charge is 0.220 e. The van der Waals surface area contributed by atoms with Crippen LogP contribution in [-0.4, -0.2) is 28.8 Å². The normalized spacial score (nSPS) is 18.4. The quantitative estimate of drug-likeness (QED) is 0.817. The number of carbonyl (C=O) groups is 1. The van der Waals surface area contributed by atoms with Gasteiger partial charge in [-0.1, -0.05) is 18.2 Å². The fraction of sp³-hybridized carbons (Fsp3) is 0.500. The topological polar surface area (TPSA) is 59.0 Å². The van der Waals surface area contributed by atoms with E-state index in [4.69, 9.17) is 5.10 Å². The van der Waals surface area contributed by atoms with E-state index in [1.165, 1.54) is 24.1 Å². The van der Waals surface area contributed by atoms with Crippen molar-refractivity contribution < 1.29 is 4.79 Å². The average molecular weight is 375 g/mol. The van der Waals surface area contributed by atoms with Gasteiger partial charge in [-0.05, 0) is 68.8 Å². The number of halogens is 1. The second-order valence-electron chi connectivity index (χ2n) is 7.15. The molecule has 0 bridgehead atoms. The van der Waals surface area contributed by atoms with Gasteiger partial charge in [-0.2, -0.15) is 5.10 Å². The van der Waals surface area contributed by atoms with Gasteiger partial charge in [-0.25, -0.2) is 4.68 Å². The molecule has 1 aliphatic heterocycles. The summed E-state index contributed by atoms with van der Waals surface area (Å²) in [6.45, 7) is 2.70. The van der Waals surface area contributed by atoms with Crippen molar-refractivity contribution in [1.82, 2.24) is 20.4 Å². The Bertz CT molecular complexity index is 738. The van der Waals surface area contributed by atoms with Crippen molar-refractivity contribution in [3.05, 3.63) is 47.3 Å². The molecule has 26 heavy (non-hydrogen) atoms. The fourth-order valence-electron chi connectivity index (χ4n) is 4.01. The van der Waals surface area contributed by atoms with E-state index in [1.807, 2.05) is 18.2 Å². The first-order valence-corrected chi connectivity index (χ1v) is 9.44. The molecular formula is C20H27ClN4O. The van der Waals surface area contributed by atoms with Gasteiger partial charge < -0.3 is 10.6 Å². The zero-order chi connectivity index (χ0) is 17.1. The third-order valence-corrected chi connectivity index (χ3v) is 5.41. The summed E-state index contributed by atoms with van der Waals surface area (Å²) in [5, 5.41) is 11.2. The molecule has 1 fully saturated rings. The number of rotatable bonds is 6. The van der Waals surface area contributed by atoms with E-state index in [-0.39, 0.29) is 18.3 Å². The van der Waals surface area contributed by atoms with Crippen molar-refractivity contribution in [3.8, 4) is 5.69 Å². The van der Waals surface area contributed by atoms with Crippen molar-refractivity contribution >= 4 is 18.3 Å². The van der Waals surface area contributed by atoms with Crippen LogP contribution in [0, 0.1) is 5.92 Å². The Labute approximate surface area is 161 Å². The molecule has 6 heteroatoms. The van der Waals surface area contributed by atoms with Crippen LogP contribution in [0.5, 0.6) is 0 Å². The summed E-state index contributed by atoms with van der Waals surface area (Å²) >= 11 is 0. The van der Waals surface area contributed by atoms with Gasteiger partial charge in [0.1, 0.15) is 0 Å². The number of fused-ring (bicyclic) bond motifs is 1. The number of carbonyl (C=O) groups excluding carboxylic acids is 1. The summed E-state index contributed by atoms with van der Waals surface area (Å²) in [5.41, 5.74) is 4.79. The van der Waals surface area contributed by atoms with Crippen LogP contribution >= 0.6 is 12.4 Å². The summed E-state index contributed by atoms with van der Waals surface area (Å²) in [5.74, 6) is 0.806. The lowest BCUT2D eigenvalue weighted by Gasteiger charge is -2.08. The molecule has 1 aliphatic carbocycles. The van der Waals surface area contributed by atoms with Crippen LogP contribution in [-0.2, 0) is 24.2 Å². The molecule has 1 aromatic carbocycles. The average Bonchev–Trinajstić information content (AvgIpc) is 3.37. The van der Waals surface area contributed by atoms with Crippen LogP contribution < -0.4 is 10.6 Å². The highest BCUT2D eigenvalue weighted by molar-refractivity contribution is 5.85. The van der Waals surface area contributed by atoms with Crippen molar-refractivity contribution in [2.75, 3.05) is 13.1 Å². The number of amides is 1. The Morgan fingerprint density at radius 1 is 1.27 bits per heavy atom. The Kier molecular flexibility index (Phi) is 6.33. The van der Waals surface area contributed by atoms with Crippen LogP contribution in [0.4, 0.5) is 0 Å². The van der Waals surface area contributed by atoms with E-state index in [1.54, 1.807) is 0 Å². The van der Waals surface area contributed by atoms with Gasteiger partial charge in [0.25, 0.3) is 0 Å². The number of aromatic nitrogens is 2. The fourth-order valence-corrected chi connectivity index (χ4v) is 4.01. The molecule has 2 aliphatic rings. The highest BCUT2D eigenvalue weighted by atomic mass is 35.5. The molecule has 1 unspecified atom stereocenters. The Balaban J connectivity index is 0.00000196. The van der Waals surface area contributed by atoms with Gasteiger partial charge >= 0.3 is 0 Å². The first kappa shape index (κ1) is 18.9. The highest BCUT2D eigenvalue weighted by Gasteiger charge is 2.23. The third-order valence-electron chi connectivity index (χ3n) is 5.41. The van der Waals surface area contributed by atoms with Crippen molar-refractivity contribution in [1.29, 1.82) is 0 Å². The second kappa shape index (κ2) is 8.69. The summed E-state index contributed by atoms with van der Waals surface area (Å²) in [6, 6.07) is 10.3. The predicted octanol–water partition coefficient (Wildman–Crippen LogP) is 2.79. The van der Waals surface area contributed by atoms with Gasteiger partial charge in [-0.15, -0.1) is 12.4 Å². The Morgan fingerprint density at radius 3 is 2.88 bits per heavy atom. The maximum absolute atomic E-state index is 12.2. The molecule has 1 saturated heterocycles. The monoisotopic (exact) mass is 374 g/mol. The molecule has 2 heterocycles. The molecule has 5 nitrogen and oxygen atoms in total. The van der Waals surface area contributed by atoms with Gasteiger partial charge in [0.05, 0.1) is 17.9 Å². The molecule has 1 amide bonds. The van der Waals surface area contributed by atoms with E-state index in [0.29, 0.717) is 18.9 Å². The van der Waals surface area contributed by atoms with Gasteiger partial charge in [0.15, 0.2) is 0 Å². The molecule has 2 aromatic rings. The molecule has 1 aromatic heterocycles. The lowest BCUT2D eigenvalue weighted by molar-refractivity contribution is -0.121. The maximum Gasteiger partial charge on any atom is 0.220 e. The van der Waals surface area contributed by atoms with Crippen LogP contribution in [0.15, 0.2) is 30.3 Å². The highest BCUT2D eigenvalue weighted by Crippen LogP contribution is 2.27. The molecular weight excluding hydrogens is 348 g/mol. The van der Waals surface area contributed by atoms with Crippen LogP contribution in [0.2, 0.25) is 0 Å². The van der Waals surface area contributed by atoms with E-state index >= 15 is 0 Å². The van der Waals surface area contributed by atoms with Gasteiger partial charge in [0, 0.05) is 12.1 Å². The Hall–Kier alpha value is -1.85. The van der Waals surface area contributed by atoms with Crippen LogP contribution in [0.3, 0.4) is 0 Å². The number of para-hydroxylation sites is 1. The first-order valence-electron chi connectivity index (χ1n) is 9.44. The number of nitrogens with one attached hydrogen (secondary N) is 2. The van der Waals surface area contributed by atoms with E-state index in [9.17, 15) is 4.79 Å². The molecule has 140 valence electrons. The minimum Gasteiger partial charge on any atom is -0.350 e. The largest absolute Gasteiger partial charge is 0.350 e. The molecule has 1 atom stereocenters. The summed E-state index contributed by atoms with van der Waals surface area (Å²) < 4.78 is 2.06. The zero-order valence-electron chi connectivity index (χ0n) is 15.0. The first-order chi connectivity index (χ1) is 12.3. The third kappa shape index (κ3) is 4.10. The maximum atomic E-state index is 12.2. The lowest BCUT2D eigenvalue weighted by atomic mass is 10.0. The van der Waals surface area contributed by atoms with Gasteiger partial charge in [0.2, 0.25) is 5.91 Å². The standard InChI is InChI=1S/C20H26N4O.ClH/c25-20(10-9-15-11-12-21-13-15)22-14-18-17-7-4-8-19(17)24(23-18)16-5-2-1-3-6-16;/h1-3,5-6,15,21H,4,7-14H2,(H,22,25);1H. The number of nitrogens with zero attached hydrogens (tertiary/aromatic N) is 2. The Morgan fingerprint density at radius 2 is 2.12 bits per heavy atom. The summed E-state index contributed by atoms with van der Waals surface area (Å²) in [4.78, 5) is 12.2. The van der Waals surface area contributed by atoms with Gasteiger partial charge in [-0.3, -0.25) is 4.79 Å². The minimum atomic E-state index is 0.